The number of carboxylic acid groups (broad SMARTS) is 1. The van der Waals surface area contributed by atoms with Crippen LogP contribution < -0.4 is 20.4 Å². The monoisotopic (exact) mass is 690 g/mol. The molecule has 0 saturated carbocycles. The van der Waals surface area contributed by atoms with Crippen LogP contribution in [0.2, 0.25) is 0 Å². The van der Waals surface area contributed by atoms with E-state index >= 15 is 0 Å². The molecule has 0 bridgehead atoms. The highest BCUT2D eigenvalue weighted by Crippen LogP contribution is 2.39. The van der Waals surface area contributed by atoms with Crippen molar-refractivity contribution in [3.63, 3.8) is 0 Å². The van der Waals surface area contributed by atoms with E-state index in [1.165, 1.54) is 18.3 Å². The van der Waals surface area contributed by atoms with E-state index in [1.807, 2.05) is 0 Å². The number of carboxylic acids is 1. The topological polar surface area (TPSA) is 236 Å². The number of amides is 1. The van der Waals surface area contributed by atoms with Crippen molar-refractivity contribution in [3.05, 3.63) is 75.9 Å². The van der Waals surface area contributed by atoms with Gasteiger partial charge >= 0.3 is 17.4 Å². The lowest BCUT2D eigenvalue weighted by Crippen LogP contribution is -2.68. The number of hydrogen-bond acceptors (Lipinski definition) is 13. The number of aromatic nitrogens is 3. The molecule has 1 saturated heterocycles. The molecule has 0 spiro atoms. The molecule has 49 heavy (non-hydrogen) atoms. The highest BCUT2D eigenvalue weighted by molar-refractivity contribution is 5.81. The van der Waals surface area contributed by atoms with Crippen LogP contribution >= 0.6 is 0 Å². The first-order valence-electron chi connectivity index (χ1n) is 14.7. The minimum Gasteiger partial charge on any atom is -0.487 e. The third kappa shape index (κ3) is 7.52. The average Bonchev–Trinajstić information content (AvgIpc) is 3.53. The van der Waals surface area contributed by atoms with E-state index in [0.29, 0.717) is 17.0 Å². The first-order valence-corrected chi connectivity index (χ1v) is 14.7. The molecule has 0 radical (unpaired) electrons. The Bertz CT molecular complexity index is 1900. The molecule has 1 amide bonds. The summed E-state index contributed by atoms with van der Waals surface area (Å²) < 4.78 is 51.9. The van der Waals surface area contributed by atoms with Crippen molar-refractivity contribution in [1.29, 1.82) is 0 Å². The number of nitrogens with zero attached hydrogens (tertiary/aromatic N) is 3. The van der Waals surface area contributed by atoms with Crippen molar-refractivity contribution in [2.24, 2.45) is 0 Å². The summed E-state index contributed by atoms with van der Waals surface area (Å²) in [6, 6.07) is 8.09. The third-order valence-electron chi connectivity index (χ3n) is 7.80. The van der Waals surface area contributed by atoms with Gasteiger partial charge in [-0.15, -0.1) is 5.10 Å². The summed E-state index contributed by atoms with van der Waals surface area (Å²) in [5, 5.41) is 61.8. The number of alkyl halides is 2. The summed E-state index contributed by atoms with van der Waals surface area (Å²) in [6.07, 6.45) is -10.3. The van der Waals surface area contributed by atoms with Crippen molar-refractivity contribution in [2.75, 3.05) is 6.61 Å². The van der Waals surface area contributed by atoms with Gasteiger partial charge in [0.15, 0.2) is 0 Å². The van der Waals surface area contributed by atoms with Gasteiger partial charge in [0.25, 0.3) is 6.43 Å². The van der Waals surface area contributed by atoms with Gasteiger partial charge < -0.3 is 49.5 Å². The lowest BCUT2D eigenvalue weighted by atomic mass is 9.88. The van der Waals surface area contributed by atoms with Crippen LogP contribution in [0.4, 0.5) is 8.78 Å². The third-order valence-corrected chi connectivity index (χ3v) is 7.80. The molecular formula is C31H32F2N4O12. The van der Waals surface area contributed by atoms with Crippen LogP contribution in [0.15, 0.2) is 57.9 Å². The maximum atomic E-state index is 14.4. The number of carbonyl (C=O) groups excluding carboxylic acids is 1. The van der Waals surface area contributed by atoms with Gasteiger partial charge in [-0.25, -0.2) is 23.1 Å². The quantitative estimate of drug-likeness (QED) is 0.113. The zero-order valence-electron chi connectivity index (χ0n) is 25.9. The largest absolute Gasteiger partial charge is 0.487 e. The van der Waals surface area contributed by atoms with E-state index in [1.54, 1.807) is 25.1 Å². The maximum absolute atomic E-state index is 14.4. The van der Waals surface area contributed by atoms with Crippen LogP contribution in [-0.4, -0.2) is 95.3 Å². The summed E-state index contributed by atoms with van der Waals surface area (Å²) >= 11 is 0. The number of aliphatic hydroxyl groups is 4. The van der Waals surface area contributed by atoms with E-state index < -0.39 is 84.5 Å². The first kappa shape index (κ1) is 35.3. The molecule has 5 rings (SSSR count). The van der Waals surface area contributed by atoms with Gasteiger partial charge in [0.1, 0.15) is 47.7 Å². The van der Waals surface area contributed by atoms with Crippen LogP contribution in [0.3, 0.4) is 0 Å². The fourth-order valence-electron chi connectivity index (χ4n) is 5.39. The van der Waals surface area contributed by atoms with Crippen molar-refractivity contribution in [1.82, 2.24) is 20.3 Å². The van der Waals surface area contributed by atoms with Crippen molar-refractivity contribution >= 4 is 22.8 Å². The van der Waals surface area contributed by atoms with E-state index in [2.05, 4.69) is 15.6 Å². The van der Waals surface area contributed by atoms with E-state index in [4.69, 9.17) is 18.6 Å². The second-order valence-electron chi connectivity index (χ2n) is 11.4. The fraction of sp³-hybridized carbons (Fsp3) is 0.387. The number of benzene rings is 2. The normalized spacial score (nSPS) is 22.1. The molecule has 3 heterocycles. The van der Waals surface area contributed by atoms with Crippen LogP contribution in [0.5, 0.6) is 11.5 Å². The Morgan fingerprint density at radius 2 is 1.94 bits per heavy atom. The summed E-state index contributed by atoms with van der Waals surface area (Å²) in [4.78, 5) is 36.0. The predicted molar refractivity (Wildman–Crippen MR) is 161 cm³/mol. The van der Waals surface area contributed by atoms with Crippen molar-refractivity contribution < 1.29 is 62.5 Å². The number of halogens is 2. The number of ether oxygens (including phenoxy) is 3. The molecule has 1 aliphatic rings. The van der Waals surface area contributed by atoms with Crippen LogP contribution in [-0.2, 0) is 20.9 Å². The second kappa shape index (κ2) is 14.2. The van der Waals surface area contributed by atoms with E-state index in [-0.39, 0.29) is 12.3 Å². The summed E-state index contributed by atoms with van der Waals surface area (Å²) in [6.45, 7) is 1.75. The molecule has 2 aromatic heterocycles. The summed E-state index contributed by atoms with van der Waals surface area (Å²) in [5.74, 6) is -5.77. The Hall–Kier alpha value is -5.01. The lowest BCUT2D eigenvalue weighted by molar-refractivity contribution is -0.284. The lowest BCUT2D eigenvalue weighted by Gasteiger charge is -2.46. The number of aliphatic hydroxyl groups excluding tert-OH is 4. The first-order chi connectivity index (χ1) is 23.2. The zero-order valence-corrected chi connectivity index (χ0v) is 25.9. The molecule has 1 aliphatic heterocycles. The molecular weight excluding hydrogens is 658 g/mol. The number of fused-ring (bicyclic) bond motifs is 1. The van der Waals surface area contributed by atoms with Gasteiger partial charge in [0.2, 0.25) is 5.91 Å². The van der Waals surface area contributed by atoms with Crippen LogP contribution in [0.1, 0.15) is 36.6 Å². The molecule has 18 heteroatoms. The number of nitrogens with one attached hydrogen (secondary N) is 1. The highest BCUT2D eigenvalue weighted by Gasteiger charge is 2.57. The van der Waals surface area contributed by atoms with Crippen molar-refractivity contribution in [2.45, 2.75) is 69.5 Å². The summed E-state index contributed by atoms with van der Waals surface area (Å²) in [5.41, 5.74) is 0.120. The van der Waals surface area contributed by atoms with E-state index in [9.17, 15) is 48.7 Å². The number of hydrogen-bond donors (Lipinski definition) is 6. The molecule has 0 unspecified atom stereocenters. The molecule has 262 valence electrons. The molecule has 1 fully saturated rings. The van der Waals surface area contributed by atoms with Crippen LogP contribution in [0.25, 0.3) is 16.7 Å². The van der Waals surface area contributed by atoms with Gasteiger partial charge in [-0.1, -0.05) is 5.21 Å². The fourth-order valence-corrected chi connectivity index (χ4v) is 5.39. The van der Waals surface area contributed by atoms with Gasteiger partial charge in [-0.3, -0.25) is 4.79 Å². The Kier molecular flexibility index (Phi) is 10.2. The SMILES string of the molecule is CC(=O)N[C@H]1[C@H]([C@H](O)[C@H](O)CO)O[C@@](Oc2ccc(-n3cc(COc4ccc5c(C)cc(=O)oc5c4)nn3)cc2C(F)F)(C(=O)O)C[C@@H]1O. The molecule has 6 atom stereocenters. The molecule has 0 aliphatic carbocycles. The van der Waals surface area contributed by atoms with E-state index in [0.717, 1.165) is 34.7 Å². The summed E-state index contributed by atoms with van der Waals surface area (Å²) in [7, 11) is 0. The molecule has 2 aromatic carbocycles. The molecule has 4 aromatic rings. The molecule has 6 N–H and O–H groups in total. The van der Waals surface area contributed by atoms with Crippen molar-refractivity contribution in [3.8, 4) is 17.2 Å². The zero-order chi connectivity index (χ0) is 35.6. The number of carbonyl (C=O) groups is 2. The number of aliphatic carboxylic acids is 1. The Morgan fingerprint density at radius 1 is 1.18 bits per heavy atom. The Balaban J connectivity index is 1.38. The minimum absolute atomic E-state index is 0.0726. The highest BCUT2D eigenvalue weighted by atomic mass is 19.3. The van der Waals surface area contributed by atoms with Gasteiger partial charge in [-0.2, -0.15) is 0 Å². The smallest absolute Gasteiger partial charge is 0.377 e. The Labute approximate surface area is 275 Å². The molecule has 16 nitrogen and oxygen atoms in total. The van der Waals surface area contributed by atoms with Gasteiger partial charge in [0.05, 0.1) is 42.6 Å². The Morgan fingerprint density at radius 3 is 2.61 bits per heavy atom. The number of rotatable bonds is 12. The second-order valence-corrected chi connectivity index (χ2v) is 11.4. The maximum Gasteiger partial charge on any atom is 0.377 e. The standard InChI is InChI=1S/C31H32F2N4O12/c1-14-7-25(42)47-24-9-18(4-5-19(14)24)46-13-16-11-37(36-35-16)17-3-6-23(20(8-17)29(32)33)48-31(30(44)45)10-21(40)26(34-15(2)39)28(49-31)27(43)22(41)12-38/h3-9,11,21-22,26-29,38,40-41,43H,10,12-13H2,1-2H3,(H,34,39)(H,44,45)/t21-,22+,26+,27+,28+,31+/m0/s1. The number of aryl methyl sites for hydroxylation is 1. The minimum atomic E-state index is -3.22. The van der Waals surface area contributed by atoms with Gasteiger partial charge in [0, 0.05) is 24.4 Å². The predicted octanol–water partition coefficient (Wildman–Crippen LogP) is 0.727. The van der Waals surface area contributed by atoms with Gasteiger partial charge in [-0.05, 0) is 42.8 Å². The average molecular weight is 691 g/mol. The van der Waals surface area contributed by atoms with Crippen LogP contribution in [0, 0.1) is 6.92 Å².